The van der Waals surface area contributed by atoms with Gasteiger partial charge in [0.15, 0.2) is 0 Å². The molecule has 6 heteroatoms. The molecule has 0 spiro atoms. The Morgan fingerprint density at radius 1 is 0.625 bits per heavy atom. The van der Waals surface area contributed by atoms with E-state index < -0.39 is 0 Å². The molecule has 1 fully saturated rings. The van der Waals surface area contributed by atoms with E-state index in [9.17, 15) is 0 Å². The summed E-state index contributed by atoms with van der Waals surface area (Å²) < 4.78 is 0. The number of nitrogens with zero attached hydrogens (tertiary/aromatic N) is 4. The van der Waals surface area contributed by atoms with E-state index in [0.29, 0.717) is 0 Å². The highest BCUT2D eigenvalue weighted by atomic mass is 35.5. The molecule has 0 aromatic heterocycles. The summed E-state index contributed by atoms with van der Waals surface area (Å²) in [6.07, 6.45) is 3.73. The van der Waals surface area contributed by atoms with Crippen LogP contribution in [0.15, 0.2) is 58.7 Å². The Hall–Kier alpha value is -2.04. The third-order valence-corrected chi connectivity index (χ3v) is 4.22. The molecule has 0 radical (unpaired) electrons. The molecule has 2 aromatic carbocycles. The summed E-state index contributed by atoms with van der Waals surface area (Å²) >= 11 is 11.8. The molecular formula is C18H18Cl2N4. The zero-order valence-corrected chi connectivity index (χ0v) is 14.7. The van der Waals surface area contributed by atoms with Gasteiger partial charge in [-0.3, -0.25) is 10.0 Å². The second kappa shape index (κ2) is 8.18. The SMILES string of the molecule is Clc1ccc(/C=N\N2CCN(/N=C\c3ccc(Cl)cc3)CC2)cc1. The van der Waals surface area contributed by atoms with E-state index in [4.69, 9.17) is 23.2 Å². The van der Waals surface area contributed by atoms with E-state index >= 15 is 0 Å². The van der Waals surface area contributed by atoms with Crippen molar-refractivity contribution in [2.75, 3.05) is 26.2 Å². The minimum Gasteiger partial charge on any atom is -0.293 e. The van der Waals surface area contributed by atoms with Gasteiger partial charge in [0.05, 0.1) is 38.6 Å². The number of rotatable bonds is 4. The monoisotopic (exact) mass is 360 g/mol. The lowest BCUT2D eigenvalue weighted by atomic mass is 10.2. The molecule has 0 amide bonds. The molecule has 1 heterocycles. The molecule has 1 aliphatic heterocycles. The number of hydrazone groups is 2. The number of hydrogen-bond acceptors (Lipinski definition) is 4. The lowest BCUT2D eigenvalue weighted by Gasteiger charge is -2.31. The average Bonchev–Trinajstić information content (AvgIpc) is 2.62. The summed E-state index contributed by atoms with van der Waals surface area (Å²) in [7, 11) is 0. The topological polar surface area (TPSA) is 31.2 Å². The second-order valence-electron chi connectivity index (χ2n) is 5.50. The van der Waals surface area contributed by atoms with Gasteiger partial charge in [-0.25, -0.2) is 0 Å². The number of halogens is 2. The normalized spacial score (nSPS) is 15.6. The van der Waals surface area contributed by atoms with Gasteiger partial charge in [-0.15, -0.1) is 0 Å². The first-order chi connectivity index (χ1) is 11.7. The Balaban J connectivity index is 1.48. The van der Waals surface area contributed by atoms with Crippen molar-refractivity contribution in [2.24, 2.45) is 10.2 Å². The minimum absolute atomic E-state index is 0.735. The molecule has 1 aliphatic rings. The maximum atomic E-state index is 5.88. The van der Waals surface area contributed by atoms with Crippen molar-refractivity contribution >= 4 is 35.6 Å². The van der Waals surface area contributed by atoms with Gasteiger partial charge in [-0.1, -0.05) is 47.5 Å². The second-order valence-corrected chi connectivity index (χ2v) is 6.37. The van der Waals surface area contributed by atoms with Gasteiger partial charge in [-0.05, 0) is 35.4 Å². The van der Waals surface area contributed by atoms with Crippen LogP contribution in [0.2, 0.25) is 10.0 Å². The number of piperazine rings is 1. The zero-order chi connectivity index (χ0) is 16.8. The van der Waals surface area contributed by atoms with Crippen molar-refractivity contribution in [3.8, 4) is 0 Å². The van der Waals surface area contributed by atoms with Crippen LogP contribution in [-0.4, -0.2) is 48.6 Å². The molecule has 0 saturated carbocycles. The Bertz CT molecular complexity index is 639. The molecule has 1 saturated heterocycles. The largest absolute Gasteiger partial charge is 0.293 e. The third-order valence-electron chi connectivity index (χ3n) is 3.71. The quantitative estimate of drug-likeness (QED) is 0.772. The molecule has 0 N–H and O–H groups in total. The maximum absolute atomic E-state index is 5.88. The molecule has 3 rings (SSSR count). The van der Waals surface area contributed by atoms with Crippen molar-refractivity contribution in [3.63, 3.8) is 0 Å². The molecule has 0 unspecified atom stereocenters. The third kappa shape index (κ3) is 4.98. The molecule has 0 atom stereocenters. The van der Waals surface area contributed by atoms with Crippen LogP contribution in [0, 0.1) is 0 Å². The van der Waals surface area contributed by atoms with Crippen LogP contribution in [0.25, 0.3) is 0 Å². The molecule has 4 nitrogen and oxygen atoms in total. The van der Waals surface area contributed by atoms with Crippen LogP contribution in [0.4, 0.5) is 0 Å². The van der Waals surface area contributed by atoms with Crippen molar-refractivity contribution in [3.05, 3.63) is 69.7 Å². The summed E-state index contributed by atoms with van der Waals surface area (Å²) in [5.74, 6) is 0. The van der Waals surface area contributed by atoms with Gasteiger partial charge >= 0.3 is 0 Å². The standard InChI is InChI=1S/C18H18Cl2N4/c19-17-5-1-15(2-6-17)13-21-23-9-11-24(12-10-23)22-14-16-3-7-18(20)8-4-16/h1-8,13-14H,9-12H2/b21-13-,22-14-. The maximum Gasteiger partial charge on any atom is 0.0553 e. The lowest BCUT2D eigenvalue weighted by Crippen LogP contribution is -2.41. The Kier molecular flexibility index (Phi) is 5.72. The van der Waals surface area contributed by atoms with Crippen molar-refractivity contribution < 1.29 is 0 Å². The highest BCUT2D eigenvalue weighted by molar-refractivity contribution is 6.30. The van der Waals surface area contributed by atoms with Gasteiger partial charge < -0.3 is 0 Å². The van der Waals surface area contributed by atoms with Gasteiger partial charge in [0.2, 0.25) is 0 Å². The smallest absolute Gasteiger partial charge is 0.0553 e. The van der Waals surface area contributed by atoms with Crippen LogP contribution >= 0.6 is 23.2 Å². The van der Waals surface area contributed by atoms with Crippen molar-refractivity contribution in [1.29, 1.82) is 0 Å². The highest BCUT2D eigenvalue weighted by Crippen LogP contribution is 2.10. The summed E-state index contributed by atoms with van der Waals surface area (Å²) in [5.41, 5.74) is 2.09. The Labute approximate surface area is 152 Å². The van der Waals surface area contributed by atoms with Crippen molar-refractivity contribution in [1.82, 2.24) is 10.0 Å². The molecule has 2 aromatic rings. The van der Waals surface area contributed by atoms with Gasteiger partial charge in [0.25, 0.3) is 0 Å². The van der Waals surface area contributed by atoms with E-state index in [1.165, 1.54) is 0 Å². The van der Waals surface area contributed by atoms with Crippen LogP contribution in [-0.2, 0) is 0 Å². The average molecular weight is 361 g/mol. The van der Waals surface area contributed by atoms with Crippen molar-refractivity contribution in [2.45, 2.75) is 0 Å². The van der Waals surface area contributed by atoms with Gasteiger partial charge in [0, 0.05) is 10.0 Å². The van der Waals surface area contributed by atoms with Crippen LogP contribution in [0.5, 0.6) is 0 Å². The molecule has 24 heavy (non-hydrogen) atoms. The molecular weight excluding hydrogens is 343 g/mol. The van der Waals surface area contributed by atoms with Crippen LogP contribution in [0.3, 0.4) is 0 Å². The Morgan fingerprint density at radius 2 is 0.958 bits per heavy atom. The van der Waals surface area contributed by atoms with Gasteiger partial charge in [0.1, 0.15) is 0 Å². The van der Waals surface area contributed by atoms with E-state index in [1.54, 1.807) is 0 Å². The first-order valence-corrected chi connectivity index (χ1v) is 8.54. The predicted octanol–water partition coefficient (Wildman–Crippen LogP) is 3.98. The van der Waals surface area contributed by atoms with Crippen LogP contribution in [0.1, 0.15) is 11.1 Å². The number of benzene rings is 2. The first-order valence-electron chi connectivity index (χ1n) is 7.78. The molecule has 0 bridgehead atoms. The zero-order valence-electron chi connectivity index (χ0n) is 13.1. The summed E-state index contributed by atoms with van der Waals surface area (Å²) in [6, 6.07) is 15.3. The van der Waals surface area contributed by atoms with E-state index in [0.717, 1.165) is 47.4 Å². The fraction of sp³-hybridized carbons (Fsp3) is 0.222. The van der Waals surface area contributed by atoms with E-state index in [1.807, 2.05) is 61.0 Å². The Morgan fingerprint density at radius 3 is 1.29 bits per heavy atom. The lowest BCUT2D eigenvalue weighted by molar-refractivity contribution is 0.141. The van der Waals surface area contributed by atoms with E-state index in [-0.39, 0.29) is 0 Å². The first kappa shape index (κ1) is 16.8. The fourth-order valence-electron chi connectivity index (χ4n) is 2.31. The van der Waals surface area contributed by atoms with Crippen LogP contribution < -0.4 is 0 Å². The molecule has 124 valence electrons. The summed E-state index contributed by atoms with van der Waals surface area (Å²) in [5, 5.41) is 14.6. The fourth-order valence-corrected chi connectivity index (χ4v) is 2.56. The summed E-state index contributed by atoms with van der Waals surface area (Å²) in [4.78, 5) is 0. The minimum atomic E-state index is 0.735. The summed E-state index contributed by atoms with van der Waals surface area (Å²) in [6.45, 7) is 3.40. The van der Waals surface area contributed by atoms with E-state index in [2.05, 4.69) is 20.2 Å². The van der Waals surface area contributed by atoms with Gasteiger partial charge in [-0.2, -0.15) is 10.2 Å². The predicted molar refractivity (Wildman–Crippen MR) is 101 cm³/mol. The molecule has 0 aliphatic carbocycles. The number of hydrogen-bond donors (Lipinski definition) is 0. The highest BCUT2D eigenvalue weighted by Gasteiger charge is 2.12.